The van der Waals surface area contributed by atoms with Gasteiger partial charge in [0.15, 0.2) is 5.69 Å². The number of hydrogen-bond donors (Lipinski definition) is 3. The zero-order chi connectivity index (χ0) is 15.0. The lowest BCUT2D eigenvalue weighted by molar-refractivity contribution is 0.0691. The van der Waals surface area contributed by atoms with Crippen molar-refractivity contribution in [2.24, 2.45) is 0 Å². The molecule has 2 amide bonds. The number of carboxylic acid groups (broad SMARTS) is 1. The number of nitrogens with zero attached hydrogens (tertiary/aromatic N) is 2. The normalized spacial score (nSPS) is 11.8. The highest BCUT2D eigenvalue weighted by Crippen LogP contribution is 1.95. The first kappa shape index (κ1) is 16.2. The van der Waals surface area contributed by atoms with E-state index in [9.17, 15) is 13.8 Å². The minimum atomic E-state index is -1.08. The summed E-state index contributed by atoms with van der Waals surface area (Å²) >= 11 is 0. The van der Waals surface area contributed by atoms with Gasteiger partial charge in [0.05, 0.1) is 6.33 Å². The average Bonchev–Trinajstić information content (AvgIpc) is 2.83. The highest BCUT2D eigenvalue weighted by atomic mass is 32.2. The molecular formula is C11H18N4O4S. The summed E-state index contributed by atoms with van der Waals surface area (Å²) in [5.41, 5.74) is -0.0259. The van der Waals surface area contributed by atoms with Crippen LogP contribution in [-0.2, 0) is 17.3 Å². The van der Waals surface area contributed by atoms with Crippen molar-refractivity contribution >= 4 is 22.8 Å². The van der Waals surface area contributed by atoms with Gasteiger partial charge in [0.1, 0.15) is 0 Å². The number of amides is 2. The topological polar surface area (TPSA) is 113 Å². The second-order valence-corrected chi connectivity index (χ2v) is 5.67. The van der Waals surface area contributed by atoms with E-state index in [1.165, 1.54) is 12.5 Å². The molecule has 9 heteroatoms. The summed E-state index contributed by atoms with van der Waals surface area (Å²) in [7, 11) is -0.842. The van der Waals surface area contributed by atoms with Crippen LogP contribution in [-0.4, -0.2) is 56.0 Å². The quantitative estimate of drug-likeness (QED) is 0.568. The monoisotopic (exact) mass is 302 g/mol. The third kappa shape index (κ3) is 6.32. The molecule has 1 aromatic rings. The number of aromatic nitrogens is 2. The molecule has 8 nitrogen and oxygen atoms in total. The van der Waals surface area contributed by atoms with Crippen LogP contribution in [0.5, 0.6) is 0 Å². The third-order valence-corrected chi connectivity index (χ3v) is 3.27. The average molecular weight is 302 g/mol. The highest BCUT2D eigenvalue weighted by Gasteiger charge is 2.06. The Balaban J connectivity index is 2.15. The van der Waals surface area contributed by atoms with Gasteiger partial charge in [-0.1, -0.05) is 0 Å². The first-order valence-electron chi connectivity index (χ1n) is 6.06. The maximum Gasteiger partial charge on any atom is 0.356 e. The Morgan fingerprint density at radius 2 is 2.10 bits per heavy atom. The number of rotatable bonds is 8. The molecule has 112 valence electrons. The fraction of sp³-hybridized carbons (Fsp3) is 0.545. The molecule has 1 unspecified atom stereocenters. The summed E-state index contributed by atoms with van der Waals surface area (Å²) in [6.07, 6.45) is 5.09. The molecule has 0 radical (unpaired) electrons. The van der Waals surface area contributed by atoms with Crippen molar-refractivity contribution in [3.63, 3.8) is 0 Å². The molecule has 1 rings (SSSR count). The zero-order valence-corrected chi connectivity index (χ0v) is 12.0. The van der Waals surface area contributed by atoms with Crippen molar-refractivity contribution in [1.29, 1.82) is 0 Å². The van der Waals surface area contributed by atoms with Crippen LogP contribution in [0.3, 0.4) is 0 Å². The van der Waals surface area contributed by atoms with E-state index in [-0.39, 0.29) is 11.7 Å². The number of hydrogen-bond acceptors (Lipinski definition) is 4. The Hall–Kier alpha value is -1.90. The van der Waals surface area contributed by atoms with Crippen molar-refractivity contribution in [3.8, 4) is 0 Å². The number of imidazole rings is 1. The second kappa shape index (κ2) is 8.31. The SMILES string of the molecule is CS(=O)CCCNC(=O)NCCn1cnc(C(=O)O)c1. The molecule has 1 atom stereocenters. The Bertz CT molecular complexity index is 489. The number of urea groups is 1. The zero-order valence-electron chi connectivity index (χ0n) is 11.2. The van der Waals surface area contributed by atoms with Crippen LogP contribution in [0.15, 0.2) is 12.5 Å². The largest absolute Gasteiger partial charge is 0.476 e. The molecule has 1 aromatic heterocycles. The lowest BCUT2D eigenvalue weighted by Crippen LogP contribution is -2.37. The minimum absolute atomic E-state index is 0.0259. The number of carboxylic acids is 1. The van der Waals surface area contributed by atoms with Crippen LogP contribution in [0.4, 0.5) is 4.79 Å². The number of nitrogens with one attached hydrogen (secondary N) is 2. The molecule has 3 N–H and O–H groups in total. The maximum atomic E-state index is 11.4. The molecule has 20 heavy (non-hydrogen) atoms. The number of carbonyl (C=O) groups is 2. The summed E-state index contributed by atoms with van der Waals surface area (Å²) in [5, 5.41) is 14.0. The van der Waals surface area contributed by atoms with Gasteiger partial charge in [0.2, 0.25) is 0 Å². The van der Waals surface area contributed by atoms with Gasteiger partial charge in [-0.2, -0.15) is 0 Å². The van der Waals surface area contributed by atoms with E-state index in [1.807, 2.05) is 0 Å². The molecule has 0 saturated heterocycles. The first-order chi connectivity index (χ1) is 9.49. The second-order valence-electron chi connectivity index (χ2n) is 4.12. The third-order valence-electron chi connectivity index (χ3n) is 2.40. The Morgan fingerprint density at radius 1 is 1.40 bits per heavy atom. The molecule has 0 fully saturated rings. The van der Waals surface area contributed by atoms with E-state index in [4.69, 9.17) is 5.11 Å². The van der Waals surface area contributed by atoms with Gasteiger partial charge >= 0.3 is 12.0 Å². The van der Waals surface area contributed by atoms with E-state index in [2.05, 4.69) is 15.6 Å². The molecular weight excluding hydrogens is 284 g/mol. The summed E-state index contributed by atoms with van der Waals surface area (Å²) in [6.45, 7) is 1.27. The predicted molar refractivity (Wildman–Crippen MR) is 74.1 cm³/mol. The van der Waals surface area contributed by atoms with E-state index in [0.717, 1.165) is 0 Å². The summed E-state index contributed by atoms with van der Waals surface area (Å²) in [4.78, 5) is 25.7. The van der Waals surface area contributed by atoms with Crippen LogP contribution >= 0.6 is 0 Å². The molecule has 1 heterocycles. The first-order valence-corrected chi connectivity index (χ1v) is 7.78. The van der Waals surface area contributed by atoms with Crippen molar-refractivity contribution < 1.29 is 18.9 Å². The predicted octanol–water partition coefficient (Wildman–Crippen LogP) is -0.351. The van der Waals surface area contributed by atoms with Gasteiger partial charge in [-0.05, 0) is 6.42 Å². The maximum absolute atomic E-state index is 11.4. The van der Waals surface area contributed by atoms with Gasteiger partial charge in [0.25, 0.3) is 0 Å². The van der Waals surface area contributed by atoms with Crippen molar-refractivity contribution in [2.45, 2.75) is 13.0 Å². The van der Waals surface area contributed by atoms with Gasteiger partial charge in [-0.3, -0.25) is 4.21 Å². The summed E-state index contributed by atoms with van der Waals surface area (Å²) in [6, 6.07) is -0.301. The molecule has 0 aliphatic rings. The lowest BCUT2D eigenvalue weighted by Gasteiger charge is -2.07. The van der Waals surface area contributed by atoms with Crippen LogP contribution in [0, 0.1) is 0 Å². The molecule has 0 aromatic carbocycles. The van der Waals surface area contributed by atoms with Gasteiger partial charge in [-0.15, -0.1) is 0 Å². The Kier molecular flexibility index (Phi) is 6.71. The van der Waals surface area contributed by atoms with Gasteiger partial charge in [-0.25, -0.2) is 14.6 Å². The minimum Gasteiger partial charge on any atom is -0.476 e. The van der Waals surface area contributed by atoms with E-state index in [1.54, 1.807) is 10.8 Å². The lowest BCUT2D eigenvalue weighted by atomic mass is 10.5. The fourth-order valence-electron chi connectivity index (χ4n) is 1.43. The smallest absolute Gasteiger partial charge is 0.356 e. The van der Waals surface area contributed by atoms with Gasteiger partial charge in [0, 0.05) is 48.6 Å². The molecule has 0 bridgehead atoms. The Labute approximate surface area is 119 Å². The van der Waals surface area contributed by atoms with Crippen LogP contribution in [0.25, 0.3) is 0 Å². The summed E-state index contributed by atoms with van der Waals surface area (Å²) in [5.74, 6) is -0.518. The van der Waals surface area contributed by atoms with Crippen LogP contribution in [0.2, 0.25) is 0 Å². The molecule has 0 saturated carbocycles. The van der Waals surface area contributed by atoms with Crippen molar-refractivity contribution in [1.82, 2.24) is 20.2 Å². The van der Waals surface area contributed by atoms with E-state index in [0.29, 0.717) is 31.8 Å². The molecule has 0 aliphatic heterocycles. The van der Waals surface area contributed by atoms with Crippen LogP contribution < -0.4 is 10.6 Å². The number of aromatic carboxylic acids is 1. The standard InChI is InChI=1S/C11H18N4O4S/c1-20(19)6-2-3-12-11(18)13-4-5-15-7-9(10(16)17)14-8-15/h7-8H,2-6H2,1H3,(H,16,17)(H2,12,13,18). The van der Waals surface area contributed by atoms with Crippen LogP contribution in [0.1, 0.15) is 16.9 Å². The fourth-order valence-corrected chi connectivity index (χ4v) is 1.98. The Morgan fingerprint density at radius 3 is 2.70 bits per heavy atom. The van der Waals surface area contributed by atoms with Crippen molar-refractivity contribution in [2.75, 3.05) is 25.1 Å². The number of carbonyl (C=O) groups excluding carboxylic acids is 1. The molecule has 0 aliphatic carbocycles. The van der Waals surface area contributed by atoms with Crippen molar-refractivity contribution in [3.05, 3.63) is 18.2 Å². The van der Waals surface area contributed by atoms with E-state index >= 15 is 0 Å². The van der Waals surface area contributed by atoms with E-state index < -0.39 is 16.8 Å². The highest BCUT2D eigenvalue weighted by molar-refractivity contribution is 7.84. The summed E-state index contributed by atoms with van der Waals surface area (Å²) < 4.78 is 12.4. The molecule has 0 spiro atoms. The van der Waals surface area contributed by atoms with Gasteiger partial charge < -0.3 is 20.3 Å².